The van der Waals surface area contributed by atoms with Gasteiger partial charge in [0.2, 0.25) is 0 Å². The van der Waals surface area contributed by atoms with Crippen LogP contribution in [0.4, 0.5) is 5.82 Å². The lowest BCUT2D eigenvalue weighted by Crippen LogP contribution is -2.29. The second-order valence-corrected chi connectivity index (χ2v) is 4.73. The molecule has 88 valence electrons. The second-order valence-electron chi connectivity index (χ2n) is 4.73. The van der Waals surface area contributed by atoms with Crippen LogP contribution in [-0.4, -0.2) is 18.1 Å². The molecule has 2 rings (SSSR count). The second kappa shape index (κ2) is 4.83. The van der Waals surface area contributed by atoms with Crippen molar-refractivity contribution < 1.29 is 0 Å². The molecule has 2 N–H and O–H groups in total. The van der Waals surface area contributed by atoms with E-state index in [2.05, 4.69) is 29.1 Å². The van der Waals surface area contributed by atoms with Gasteiger partial charge in [0.25, 0.3) is 0 Å². The van der Waals surface area contributed by atoms with Gasteiger partial charge in [0, 0.05) is 25.3 Å². The average Bonchev–Trinajstić information content (AvgIpc) is 2.80. The van der Waals surface area contributed by atoms with E-state index in [0.29, 0.717) is 12.6 Å². The molecule has 0 aromatic carbocycles. The fraction of sp³-hybridized carbons (Fsp3) is 0.615. The van der Waals surface area contributed by atoms with E-state index in [1.807, 2.05) is 6.92 Å². The highest BCUT2D eigenvalue weighted by Gasteiger charge is 2.20. The molecule has 0 spiro atoms. The molecular weight excluding hydrogens is 198 g/mol. The lowest BCUT2D eigenvalue weighted by Gasteiger charge is -2.26. The summed E-state index contributed by atoms with van der Waals surface area (Å²) < 4.78 is 0. The first-order valence-electron chi connectivity index (χ1n) is 6.11. The third-order valence-corrected chi connectivity index (χ3v) is 3.47. The monoisotopic (exact) mass is 219 g/mol. The SMILES string of the molecule is Cc1cc(CN)cc(N(C)C2CCCC2)n1. The standard InChI is InChI=1S/C13H21N3/c1-10-7-11(9-14)8-13(15-10)16(2)12-5-3-4-6-12/h7-8,12H,3-6,9,14H2,1-2H3. The smallest absolute Gasteiger partial charge is 0.129 e. The van der Waals surface area contributed by atoms with Gasteiger partial charge >= 0.3 is 0 Å². The first-order valence-corrected chi connectivity index (χ1v) is 6.11. The van der Waals surface area contributed by atoms with Gasteiger partial charge in [0.05, 0.1) is 0 Å². The zero-order chi connectivity index (χ0) is 11.5. The van der Waals surface area contributed by atoms with Crippen molar-refractivity contribution in [2.75, 3.05) is 11.9 Å². The number of nitrogens with zero attached hydrogens (tertiary/aromatic N) is 2. The van der Waals surface area contributed by atoms with Crippen molar-refractivity contribution in [3.05, 3.63) is 23.4 Å². The van der Waals surface area contributed by atoms with Gasteiger partial charge in [-0.1, -0.05) is 12.8 Å². The number of pyridine rings is 1. The van der Waals surface area contributed by atoms with Crippen LogP contribution >= 0.6 is 0 Å². The van der Waals surface area contributed by atoms with Crippen LogP contribution in [0.2, 0.25) is 0 Å². The first kappa shape index (κ1) is 11.4. The van der Waals surface area contributed by atoms with Crippen molar-refractivity contribution >= 4 is 5.82 Å². The summed E-state index contributed by atoms with van der Waals surface area (Å²) in [5.41, 5.74) is 7.93. The van der Waals surface area contributed by atoms with Crippen molar-refractivity contribution in [2.45, 2.75) is 45.2 Å². The maximum absolute atomic E-state index is 5.69. The van der Waals surface area contributed by atoms with Crippen LogP contribution in [0.5, 0.6) is 0 Å². The van der Waals surface area contributed by atoms with E-state index in [0.717, 1.165) is 11.5 Å². The topological polar surface area (TPSA) is 42.1 Å². The maximum Gasteiger partial charge on any atom is 0.129 e. The highest BCUT2D eigenvalue weighted by molar-refractivity contribution is 5.43. The molecule has 1 aromatic rings. The molecular formula is C13H21N3. The van der Waals surface area contributed by atoms with Crippen LogP contribution in [0, 0.1) is 6.92 Å². The Morgan fingerprint density at radius 1 is 1.38 bits per heavy atom. The molecule has 1 fully saturated rings. The Labute approximate surface area is 97.7 Å². The Kier molecular flexibility index (Phi) is 3.44. The number of nitrogens with two attached hydrogens (primary N) is 1. The van der Waals surface area contributed by atoms with Gasteiger partial charge in [-0.2, -0.15) is 0 Å². The molecule has 3 heteroatoms. The van der Waals surface area contributed by atoms with Gasteiger partial charge in [-0.3, -0.25) is 0 Å². The summed E-state index contributed by atoms with van der Waals surface area (Å²) in [4.78, 5) is 6.92. The lowest BCUT2D eigenvalue weighted by atomic mass is 10.2. The van der Waals surface area contributed by atoms with Crippen LogP contribution < -0.4 is 10.6 Å². The van der Waals surface area contributed by atoms with Crippen molar-refractivity contribution in [3.8, 4) is 0 Å². The van der Waals surface area contributed by atoms with Gasteiger partial charge in [-0.05, 0) is 37.5 Å². The fourth-order valence-corrected chi connectivity index (χ4v) is 2.50. The van der Waals surface area contributed by atoms with Crippen LogP contribution in [0.15, 0.2) is 12.1 Å². The Balaban J connectivity index is 2.21. The average molecular weight is 219 g/mol. The van der Waals surface area contributed by atoms with Crippen LogP contribution in [0.25, 0.3) is 0 Å². The third-order valence-electron chi connectivity index (χ3n) is 3.47. The zero-order valence-corrected chi connectivity index (χ0v) is 10.2. The molecule has 1 saturated carbocycles. The van der Waals surface area contributed by atoms with Crippen LogP contribution in [0.3, 0.4) is 0 Å². The molecule has 1 heterocycles. The molecule has 0 radical (unpaired) electrons. The van der Waals surface area contributed by atoms with E-state index in [9.17, 15) is 0 Å². The van der Waals surface area contributed by atoms with E-state index >= 15 is 0 Å². The summed E-state index contributed by atoms with van der Waals surface area (Å²) in [5, 5.41) is 0. The number of hydrogen-bond donors (Lipinski definition) is 1. The Bertz CT molecular complexity index is 356. The number of rotatable bonds is 3. The maximum atomic E-state index is 5.69. The summed E-state index contributed by atoms with van der Waals surface area (Å²) in [5.74, 6) is 1.08. The number of hydrogen-bond acceptors (Lipinski definition) is 3. The minimum absolute atomic E-state index is 0.592. The Morgan fingerprint density at radius 3 is 2.69 bits per heavy atom. The van der Waals surface area contributed by atoms with E-state index in [1.54, 1.807) is 0 Å². The van der Waals surface area contributed by atoms with Crippen molar-refractivity contribution in [2.24, 2.45) is 5.73 Å². The van der Waals surface area contributed by atoms with E-state index in [1.165, 1.54) is 31.2 Å². The summed E-state index contributed by atoms with van der Waals surface area (Å²) in [6, 6.07) is 4.84. The largest absolute Gasteiger partial charge is 0.357 e. The van der Waals surface area contributed by atoms with Gasteiger partial charge in [-0.15, -0.1) is 0 Å². The lowest BCUT2D eigenvalue weighted by molar-refractivity contribution is 0.645. The highest BCUT2D eigenvalue weighted by atomic mass is 15.2. The molecule has 16 heavy (non-hydrogen) atoms. The molecule has 0 aliphatic heterocycles. The van der Waals surface area contributed by atoms with Crippen LogP contribution in [0.1, 0.15) is 36.9 Å². The molecule has 0 bridgehead atoms. The summed E-state index contributed by atoms with van der Waals surface area (Å²) >= 11 is 0. The number of aromatic nitrogens is 1. The van der Waals surface area contributed by atoms with E-state index in [-0.39, 0.29) is 0 Å². The molecule has 1 aromatic heterocycles. The van der Waals surface area contributed by atoms with Crippen molar-refractivity contribution in [1.29, 1.82) is 0 Å². The zero-order valence-electron chi connectivity index (χ0n) is 10.2. The Morgan fingerprint density at radius 2 is 2.06 bits per heavy atom. The van der Waals surface area contributed by atoms with Gasteiger partial charge in [0.15, 0.2) is 0 Å². The number of anilines is 1. The van der Waals surface area contributed by atoms with Crippen molar-refractivity contribution in [3.63, 3.8) is 0 Å². The highest BCUT2D eigenvalue weighted by Crippen LogP contribution is 2.26. The normalized spacial score (nSPS) is 16.7. The Hall–Kier alpha value is -1.09. The summed E-state index contributed by atoms with van der Waals surface area (Å²) in [6.07, 6.45) is 5.29. The van der Waals surface area contributed by atoms with Crippen LogP contribution in [-0.2, 0) is 6.54 Å². The van der Waals surface area contributed by atoms with E-state index in [4.69, 9.17) is 5.73 Å². The number of aryl methyl sites for hydroxylation is 1. The van der Waals surface area contributed by atoms with Gasteiger partial charge in [-0.25, -0.2) is 4.98 Å². The fourth-order valence-electron chi connectivity index (χ4n) is 2.50. The predicted molar refractivity (Wildman–Crippen MR) is 67.5 cm³/mol. The molecule has 1 aliphatic carbocycles. The third kappa shape index (κ3) is 2.35. The van der Waals surface area contributed by atoms with Gasteiger partial charge < -0.3 is 10.6 Å². The molecule has 3 nitrogen and oxygen atoms in total. The molecule has 0 saturated heterocycles. The minimum Gasteiger partial charge on any atom is -0.357 e. The van der Waals surface area contributed by atoms with Crippen molar-refractivity contribution in [1.82, 2.24) is 4.98 Å². The molecule has 1 aliphatic rings. The minimum atomic E-state index is 0.592. The summed E-state index contributed by atoms with van der Waals surface area (Å²) in [7, 11) is 2.15. The first-order chi connectivity index (χ1) is 7.70. The molecule has 0 amide bonds. The molecule has 0 unspecified atom stereocenters. The quantitative estimate of drug-likeness (QED) is 0.847. The predicted octanol–water partition coefficient (Wildman–Crippen LogP) is 2.23. The molecule has 0 atom stereocenters. The van der Waals surface area contributed by atoms with E-state index < -0.39 is 0 Å². The van der Waals surface area contributed by atoms with Gasteiger partial charge in [0.1, 0.15) is 5.82 Å². The summed E-state index contributed by atoms with van der Waals surface area (Å²) in [6.45, 7) is 2.63.